The van der Waals surface area contributed by atoms with Crippen LogP contribution < -0.4 is 0 Å². The van der Waals surface area contributed by atoms with E-state index >= 15 is 0 Å². The molecule has 0 amide bonds. The Morgan fingerprint density at radius 3 is 1.47 bits per heavy atom. The Morgan fingerprint density at radius 2 is 1.00 bits per heavy atom. The van der Waals surface area contributed by atoms with Gasteiger partial charge in [0, 0.05) is 0 Å². The molecule has 0 bridgehead atoms. The third-order valence-electron chi connectivity index (χ3n) is 8.58. The molecule has 8 rings (SSSR count). The van der Waals surface area contributed by atoms with Crippen LogP contribution in [-0.2, 0) is 0 Å². The Kier molecular flexibility index (Phi) is 3.29. The van der Waals surface area contributed by atoms with Crippen LogP contribution in [0.3, 0.4) is 0 Å². The molecule has 0 saturated heterocycles. The fourth-order valence-electron chi connectivity index (χ4n) is 7.35. The minimum atomic E-state index is -1.78. The van der Waals surface area contributed by atoms with Crippen LogP contribution in [0.15, 0.2) is 72.8 Å². The normalized spacial score (nSPS) is 20.5. The summed E-state index contributed by atoms with van der Waals surface area (Å²) in [4.78, 5) is 0. The third-order valence-corrected chi connectivity index (χ3v) is 12.9. The van der Waals surface area contributed by atoms with Crippen LogP contribution in [-0.4, -0.2) is 12.0 Å². The van der Waals surface area contributed by atoms with Crippen molar-refractivity contribution in [2.45, 2.75) is 37.8 Å². The second kappa shape index (κ2) is 5.94. The van der Waals surface area contributed by atoms with Gasteiger partial charge in [-0.15, -0.1) is 0 Å². The van der Waals surface area contributed by atoms with E-state index in [1.54, 1.807) is 10.6 Å². The van der Waals surface area contributed by atoms with Gasteiger partial charge in [0.25, 0.3) is 0 Å². The highest BCUT2D eigenvalue weighted by atomic mass is 31.2. The second-order valence-corrected chi connectivity index (χ2v) is 13.4. The average molecular weight is 429 g/mol. The highest BCUT2D eigenvalue weighted by Gasteiger charge is 2.49. The predicted molar refractivity (Wildman–Crippen MR) is 142 cm³/mol. The van der Waals surface area contributed by atoms with Crippen LogP contribution in [0.2, 0.25) is 0 Å². The SMILES string of the molecule is C=P1(C2CCCCC2)C2=C(C3=C1c1cccc4cccc3c14)c1cccc3cccc2c13. The van der Waals surface area contributed by atoms with E-state index in [4.69, 9.17) is 6.30 Å². The minimum absolute atomic E-state index is 0.711. The molecule has 0 aromatic heterocycles. The lowest BCUT2D eigenvalue weighted by Gasteiger charge is -2.37. The Bertz CT molecular complexity index is 1500. The molecule has 0 spiro atoms. The summed E-state index contributed by atoms with van der Waals surface area (Å²) in [6.07, 6.45) is 12.1. The molecular formula is C31H25P. The molecule has 1 heterocycles. The van der Waals surface area contributed by atoms with E-state index in [0.717, 1.165) is 0 Å². The van der Waals surface area contributed by atoms with Crippen molar-refractivity contribution in [3.05, 3.63) is 95.1 Å². The summed E-state index contributed by atoms with van der Waals surface area (Å²) in [6.45, 7) is -1.78. The lowest BCUT2D eigenvalue weighted by Crippen LogP contribution is -2.14. The second-order valence-electron chi connectivity index (χ2n) is 10.0. The van der Waals surface area contributed by atoms with Crippen LogP contribution in [0, 0.1) is 0 Å². The van der Waals surface area contributed by atoms with Gasteiger partial charge < -0.3 is 0 Å². The van der Waals surface area contributed by atoms with E-state index < -0.39 is 6.89 Å². The molecule has 1 saturated carbocycles. The van der Waals surface area contributed by atoms with E-state index in [9.17, 15) is 0 Å². The van der Waals surface area contributed by atoms with Crippen molar-refractivity contribution in [2.75, 3.05) is 0 Å². The van der Waals surface area contributed by atoms with Gasteiger partial charge in [0.1, 0.15) is 0 Å². The number of allylic oxidation sites excluding steroid dienone is 2. The van der Waals surface area contributed by atoms with Gasteiger partial charge in [-0.3, -0.25) is 0 Å². The van der Waals surface area contributed by atoms with E-state index in [0.29, 0.717) is 5.66 Å². The highest BCUT2D eigenvalue weighted by Crippen LogP contribution is 2.84. The quantitative estimate of drug-likeness (QED) is 0.266. The molecule has 1 fully saturated rings. The molecule has 1 heteroatoms. The molecule has 32 heavy (non-hydrogen) atoms. The third kappa shape index (κ3) is 1.89. The zero-order valence-corrected chi connectivity index (χ0v) is 19.1. The molecule has 3 aliphatic carbocycles. The first-order valence-electron chi connectivity index (χ1n) is 12.1. The van der Waals surface area contributed by atoms with Crippen molar-refractivity contribution in [3.63, 3.8) is 0 Å². The van der Waals surface area contributed by atoms with Crippen molar-refractivity contribution in [3.8, 4) is 0 Å². The van der Waals surface area contributed by atoms with E-state index in [1.807, 2.05) is 0 Å². The zero-order chi connectivity index (χ0) is 21.0. The van der Waals surface area contributed by atoms with Gasteiger partial charge in [-0.1, -0.05) is 105 Å². The zero-order valence-electron chi connectivity index (χ0n) is 18.2. The Morgan fingerprint density at radius 1 is 0.562 bits per heavy atom. The maximum Gasteiger partial charge on any atom is -0.000595 e. The summed E-state index contributed by atoms with van der Waals surface area (Å²) in [5.41, 5.74) is 9.65. The van der Waals surface area contributed by atoms with Gasteiger partial charge in [-0.2, -0.15) is 0 Å². The average Bonchev–Trinajstić information content (AvgIpc) is 3.45. The largest absolute Gasteiger partial charge is 0.0923 e. The minimum Gasteiger partial charge on any atom is -0.0923 e. The molecule has 0 radical (unpaired) electrons. The molecule has 0 nitrogen and oxygen atoms in total. The van der Waals surface area contributed by atoms with E-state index in [1.165, 1.54) is 87.0 Å². The van der Waals surface area contributed by atoms with Gasteiger partial charge in [-0.25, -0.2) is 0 Å². The summed E-state index contributed by atoms with van der Waals surface area (Å²) in [5.74, 6) is 0. The van der Waals surface area contributed by atoms with Crippen LogP contribution in [0.4, 0.5) is 0 Å². The van der Waals surface area contributed by atoms with Crippen molar-refractivity contribution in [2.24, 2.45) is 0 Å². The lowest BCUT2D eigenvalue weighted by molar-refractivity contribution is 0.513. The van der Waals surface area contributed by atoms with Crippen molar-refractivity contribution in [1.82, 2.24) is 0 Å². The van der Waals surface area contributed by atoms with Gasteiger partial charge in [0.05, 0.1) is 0 Å². The molecule has 0 unspecified atom stereocenters. The standard InChI is InChI=1S/C31H25P/c1-32(21-13-3-2-4-14-21)30-24-17-7-11-19-9-5-15-22(26(19)24)28(30)29-23-16-6-10-20-12-8-18-25(27(20)23)31(29)32/h5-12,15-18,21H,1-4,13-14H2. The number of fused-ring (bicyclic) bond motifs is 5. The van der Waals surface area contributed by atoms with Gasteiger partial charge in [0.2, 0.25) is 0 Å². The van der Waals surface area contributed by atoms with Crippen LogP contribution >= 0.6 is 6.89 Å². The summed E-state index contributed by atoms with van der Waals surface area (Å²) >= 11 is 0. The van der Waals surface area contributed by atoms with Crippen molar-refractivity contribution < 1.29 is 0 Å². The summed E-state index contributed by atoms with van der Waals surface area (Å²) in [5, 5.41) is 8.96. The number of rotatable bonds is 1. The number of benzene rings is 4. The molecule has 154 valence electrons. The van der Waals surface area contributed by atoms with Gasteiger partial charge >= 0.3 is 0 Å². The van der Waals surface area contributed by atoms with Crippen molar-refractivity contribution in [1.29, 1.82) is 0 Å². The first-order valence-corrected chi connectivity index (χ1v) is 14.1. The first kappa shape index (κ1) is 17.7. The molecule has 0 N–H and O–H groups in total. The molecule has 0 atom stereocenters. The fraction of sp³-hybridized carbons (Fsp3) is 0.194. The lowest BCUT2D eigenvalue weighted by atomic mass is 9.94. The number of hydrogen-bond acceptors (Lipinski definition) is 0. The van der Waals surface area contributed by atoms with Crippen molar-refractivity contribution >= 4 is 56.5 Å². The molecular weight excluding hydrogens is 403 g/mol. The smallest absolute Gasteiger partial charge is 0.000595 e. The molecule has 4 aliphatic rings. The van der Waals surface area contributed by atoms with Crippen LogP contribution in [0.1, 0.15) is 54.4 Å². The van der Waals surface area contributed by atoms with Gasteiger partial charge in [-0.05, 0) is 84.1 Å². The summed E-state index contributed by atoms with van der Waals surface area (Å²) in [7, 11) is 0. The summed E-state index contributed by atoms with van der Waals surface area (Å²) < 4.78 is 0. The number of hydrogen-bond donors (Lipinski definition) is 0. The summed E-state index contributed by atoms with van der Waals surface area (Å²) in [6, 6.07) is 27.7. The maximum absolute atomic E-state index is 5.31. The molecule has 4 aromatic rings. The Hall–Kier alpha value is -2.82. The maximum atomic E-state index is 5.31. The molecule has 4 aromatic carbocycles. The van der Waals surface area contributed by atoms with E-state index in [-0.39, 0.29) is 0 Å². The first-order chi connectivity index (χ1) is 15.8. The Labute approximate surface area is 189 Å². The van der Waals surface area contributed by atoms with Gasteiger partial charge in [0.15, 0.2) is 0 Å². The monoisotopic (exact) mass is 428 g/mol. The Balaban J connectivity index is 1.54. The topological polar surface area (TPSA) is 0 Å². The molecule has 1 aliphatic heterocycles. The van der Waals surface area contributed by atoms with Crippen LogP contribution in [0.5, 0.6) is 0 Å². The predicted octanol–water partition coefficient (Wildman–Crippen LogP) is 8.85. The highest BCUT2D eigenvalue weighted by molar-refractivity contribution is 7.93. The fourth-order valence-corrected chi connectivity index (χ4v) is 12.0. The van der Waals surface area contributed by atoms with E-state index in [2.05, 4.69) is 72.8 Å². The van der Waals surface area contributed by atoms with Crippen LogP contribution in [0.25, 0.3) is 43.3 Å².